The zero-order valence-electron chi connectivity index (χ0n) is 11.0. The minimum atomic E-state index is -0.198. The van der Waals surface area contributed by atoms with Crippen LogP contribution in [0.3, 0.4) is 0 Å². The van der Waals surface area contributed by atoms with Crippen molar-refractivity contribution in [2.24, 2.45) is 17.1 Å². The summed E-state index contributed by atoms with van der Waals surface area (Å²) >= 11 is 0. The predicted octanol–water partition coefficient (Wildman–Crippen LogP) is -0.0441. The monoisotopic (exact) mass is 241 g/mol. The molecule has 1 aliphatic rings. The van der Waals surface area contributed by atoms with Gasteiger partial charge in [-0.1, -0.05) is 13.8 Å². The second-order valence-corrected chi connectivity index (χ2v) is 5.43. The number of hydrogen-bond donors (Lipinski definition) is 2. The van der Waals surface area contributed by atoms with Crippen molar-refractivity contribution in [1.82, 2.24) is 10.2 Å². The fraction of sp³-hybridized carbons (Fsp3) is 0.833. The minimum Gasteiger partial charge on any atom is -0.355 e. The molecule has 0 saturated carbocycles. The van der Waals surface area contributed by atoms with Crippen LogP contribution in [-0.2, 0) is 9.59 Å². The highest BCUT2D eigenvalue weighted by Crippen LogP contribution is 2.19. The molecular weight excluding hydrogens is 218 g/mol. The maximum absolute atomic E-state index is 12.2. The van der Waals surface area contributed by atoms with Gasteiger partial charge in [0.05, 0.1) is 5.92 Å². The summed E-state index contributed by atoms with van der Waals surface area (Å²) in [5.74, 6) is -0.166. The lowest BCUT2D eigenvalue weighted by Gasteiger charge is -2.32. The third-order valence-electron chi connectivity index (χ3n) is 3.19. The van der Waals surface area contributed by atoms with Gasteiger partial charge in [0.25, 0.3) is 0 Å². The van der Waals surface area contributed by atoms with Crippen LogP contribution in [0.15, 0.2) is 0 Å². The summed E-state index contributed by atoms with van der Waals surface area (Å²) in [6.07, 6.45) is 0.318. The van der Waals surface area contributed by atoms with E-state index in [9.17, 15) is 9.59 Å². The van der Waals surface area contributed by atoms with Gasteiger partial charge in [0.2, 0.25) is 11.8 Å². The summed E-state index contributed by atoms with van der Waals surface area (Å²) in [7, 11) is 0. The van der Waals surface area contributed by atoms with E-state index in [0.29, 0.717) is 32.6 Å². The van der Waals surface area contributed by atoms with Gasteiger partial charge in [-0.05, 0) is 18.9 Å². The van der Waals surface area contributed by atoms with Crippen LogP contribution in [0.2, 0.25) is 0 Å². The topological polar surface area (TPSA) is 75.4 Å². The number of amides is 2. The third-order valence-corrected chi connectivity index (χ3v) is 3.19. The van der Waals surface area contributed by atoms with Crippen molar-refractivity contribution < 1.29 is 9.59 Å². The van der Waals surface area contributed by atoms with E-state index >= 15 is 0 Å². The number of rotatable bonds is 5. The predicted molar refractivity (Wildman–Crippen MR) is 66.2 cm³/mol. The van der Waals surface area contributed by atoms with Gasteiger partial charge in [-0.15, -0.1) is 0 Å². The van der Waals surface area contributed by atoms with Crippen molar-refractivity contribution in [2.45, 2.75) is 27.2 Å². The van der Waals surface area contributed by atoms with Crippen molar-refractivity contribution in [2.75, 3.05) is 26.2 Å². The molecule has 3 N–H and O–H groups in total. The highest BCUT2D eigenvalue weighted by atomic mass is 16.2. The van der Waals surface area contributed by atoms with Crippen molar-refractivity contribution >= 4 is 11.8 Å². The van der Waals surface area contributed by atoms with Gasteiger partial charge in [0.1, 0.15) is 0 Å². The molecule has 0 aromatic heterocycles. The molecule has 0 bridgehead atoms. The van der Waals surface area contributed by atoms with Crippen LogP contribution in [-0.4, -0.2) is 42.9 Å². The Labute approximate surface area is 103 Å². The number of carbonyl (C=O) groups excluding carboxylic acids is 2. The van der Waals surface area contributed by atoms with Gasteiger partial charge in [-0.25, -0.2) is 0 Å². The van der Waals surface area contributed by atoms with Gasteiger partial charge in [0.15, 0.2) is 0 Å². The molecule has 5 heteroatoms. The summed E-state index contributed by atoms with van der Waals surface area (Å²) in [6, 6.07) is 0. The smallest absolute Gasteiger partial charge is 0.227 e. The Morgan fingerprint density at radius 1 is 1.59 bits per heavy atom. The molecule has 0 aliphatic carbocycles. The van der Waals surface area contributed by atoms with E-state index in [1.54, 1.807) is 4.90 Å². The van der Waals surface area contributed by atoms with E-state index in [-0.39, 0.29) is 23.1 Å². The molecule has 1 aliphatic heterocycles. The summed E-state index contributed by atoms with van der Waals surface area (Å²) < 4.78 is 0. The lowest BCUT2D eigenvalue weighted by Crippen LogP contribution is -2.44. The molecule has 17 heavy (non-hydrogen) atoms. The Hall–Kier alpha value is -1.10. The lowest BCUT2D eigenvalue weighted by molar-refractivity contribution is -0.136. The van der Waals surface area contributed by atoms with Crippen LogP contribution >= 0.6 is 0 Å². The highest BCUT2D eigenvalue weighted by molar-refractivity contribution is 5.89. The molecule has 1 fully saturated rings. The second-order valence-electron chi connectivity index (χ2n) is 5.43. The molecule has 98 valence electrons. The summed E-state index contributed by atoms with van der Waals surface area (Å²) in [5.41, 5.74) is 5.60. The van der Waals surface area contributed by atoms with Crippen LogP contribution in [0, 0.1) is 11.3 Å². The SMILES string of the molecule is CCN(CC(C)(C)CN)C(=O)C1CNC(=O)C1. The van der Waals surface area contributed by atoms with Crippen LogP contribution in [0.1, 0.15) is 27.2 Å². The lowest BCUT2D eigenvalue weighted by atomic mass is 9.92. The van der Waals surface area contributed by atoms with Crippen LogP contribution in [0.4, 0.5) is 0 Å². The third kappa shape index (κ3) is 3.70. The van der Waals surface area contributed by atoms with Crippen molar-refractivity contribution in [3.05, 3.63) is 0 Å². The first-order valence-corrected chi connectivity index (χ1v) is 6.15. The molecule has 0 aromatic carbocycles. The summed E-state index contributed by atoms with van der Waals surface area (Å²) in [6.45, 7) is 8.35. The Morgan fingerprint density at radius 3 is 2.65 bits per heavy atom. The molecule has 1 saturated heterocycles. The minimum absolute atomic E-state index is 0.0301. The quantitative estimate of drug-likeness (QED) is 0.709. The van der Waals surface area contributed by atoms with Crippen molar-refractivity contribution in [1.29, 1.82) is 0 Å². The Balaban J connectivity index is 2.61. The Kier molecular flexibility index (Phi) is 4.51. The van der Waals surface area contributed by atoms with E-state index in [2.05, 4.69) is 5.32 Å². The largest absolute Gasteiger partial charge is 0.355 e. The fourth-order valence-corrected chi connectivity index (χ4v) is 1.96. The number of nitrogens with zero attached hydrogens (tertiary/aromatic N) is 1. The first kappa shape index (κ1) is 14.0. The van der Waals surface area contributed by atoms with E-state index in [4.69, 9.17) is 5.73 Å². The average Bonchev–Trinajstić information content (AvgIpc) is 2.72. The highest BCUT2D eigenvalue weighted by Gasteiger charge is 2.32. The van der Waals surface area contributed by atoms with Gasteiger partial charge in [-0.3, -0.25) is 9.59 Å². The van der Waals surface area contributed by atoms with Gasteiger partial charge in [-0.2, -0.15) is 0 Å². The molecule has 1 heterocycles. The molecular formula is C12H23N3O2. The number of hydrogen-bond acceptors (Lipinski definition) is 3. The molecule has 5 nitrogen and oxygen atoms in total. The molecule has 1 atom stereocenters. The second kappa shape index (κ2) is 5.49. The number of carbonyl (C=O) groups is 2. The van der Waals surface area contributed by atoms with Gasteiger partial charge < -0.3 is 16.0 Å². The average molecular weight is 241 g/mol. The molecule has 2 amide bonds. The zero-order chi connectivity index (χ0) is 13.1. The molecule has 1 rings (SSSR count). The van der Waals surface area contributed by atoms with Crippen molar-refractivity contribution in [3.8, 4) is 0 Å². The first-order valence-electron chi connectivity index (χ1n) is 6.15. The normalized spacial score (nSPS) is 20.2. The van der Waals surface area contributed by atoms with E-state index in [1.807, 2.05) is 20.8 Å². The molecule has 0 radical (unpaired) electrons. The van der Waals surface area contributed by atoms with Crippen LogP contribution in [0.5, 0.6) is 0 Å². The maximum atomic E-state index is 12.2. The summed E-state index contributed by atoms with van der Waals surface area (Å²) in [4.78, 5) is 25.1. The Bertz CT molecular complexity index is 302. The van der Waals surface area contributed by atoms with Gasteiger partial charge in [0, 0.05) is 26.1 Å². The molecule has 0 spiro atoms. The standard InChI is InChI=1S/C12H23N3O2/c1-4-15(8-12(2,3)7-13)11(17)9-5-10(16)14-6-9/h9H,4-8,13H2,1-3H3,(H,14,16). The first-order chi connectivity index (χ1) is 7.89. The van der Waals surface area contributed by atoms with Gasteiger partial charge >= 0.3 is 0 Å². The number of nitrogens with two attached hydrogens (primary N) is 1. The molecule has 1 unspecified atom stereocenters. The maximum Gasteiger partial charge on any atom is 0.227 e. The van der Waals surface area contributed by atoms with Crippen molar-refractivity contribution in [3.63, 3.8) is 0 Å². The number of nitrogens with one attached hydrogen (secondary N) is 1. The fourth-order valence-electron chi connectivity index (χ4n) is 1.96. The van der Waals surface area contributed by atoms with Crippen LogP contribution in [0.25, 0.3) is 0 Å². The zero-order valence-corrected chi connectivity index (χ0v) is 11.0. The van der Waals surface area contributed by atoms with Crippen LogP contribution < -0.4 is 11.1 Å². The molecule has 0 aromatic rings. The van der Waals surface area contributed by atoms with E-state index in [0.717, 1.165) is 0 Å². The van der Waals surface area contributed by atoms with E-state index in [1.165, 1.54) is 0 Å². The Morgan fingerprint density at radius 2 is 2.24 bits per heavy atom. The summed E-state index contributed by atoms with van der Waals surface area (Å²) in [5, 5.41) is 2.70. The van der Waals surface area contributed by atoms with E-state index < -0.39 is 0 Å².